The molecule has 5 atom stereocenters. The number of halogens is 2. The second-order valence-corrected chi connectivity index (χ2v) is 5.11. The zero-order valence-corrected chi connectivity index (χ0v) is 11.0. The van der Waals surface area contributed by atoms with Gasteiger partial charge in [-0.15, -0.1) is 0 Å². The normalized spacial score (nSPS) is 36.5. The Labute approximate surface area is 118 Å². The molecule has 9 heteroatoms. The fraction of sp³-hybridized carbons (Fsp3) is 0.636. The Hall–Kier alpha value is -1.06. The maximum absolute atomic E-state index is 14.0. The highest BCUT2D eigenvalue weighted by molar-refractivity contribution is 6.30. The first-order valence-corrected chi connectivity index (χ1v) is 6.46. The second-order valence-electron chi connectivity index (χ2n) is 4.75. The van der Waals surface area contributed by atoms with Crippen molar-refractivity contribution < 1.29 is 24.4 Å². The molecule has 0 saturated carbocycles. The molecule has 1 aromatic rings. The van der Waals surface area contributed by atoms with Crippen LogP contribution in [0, 0.1) is 0 Å². The molecule has 3 N–H and O–H groups in total. The molecule has 0 aliphatic carbocycles. The molecule has 0 aromatic carbocycles. The summed E-state index contributed by atoms with van der Waals surface area (Å²) in [4.78, 5) is 9.07. The number of fused-ring (bicyclic) bond motifs is 1. The van der Waals surface area contributed by atoms with Crippen LogP contribution in [0.25, 0.3) is 0 Å². The minimum absolute atomic E-state index is 0.0109. The summed E-state index contributed by atoms with van der Waals surface area (Å²) in [6, 6.07) is 0. The van der Waals surface area contributed by atoms with Crippen LogP contribution in [-0.4, -0.2) is 63.0 Å². The Bertz CT molecular complexity index is 522. The number of nitrogens with zero attached hydrogens (tertiary/aromatic N) is 3. The van der Waals surface area contributed by atoms with Gasteiger partial charge in [0.25, 0.3) is 0 Å². The lowest BCUT2D eigenvalue weighted by Gasteiger charge is -2.27. The highest BCUT2D eigenvalue weighted by atomic mass is 35.5. The SMILES string of the molecule is OC[C@H]1O[C@@H](N2CC(F)c3c(Cl)ncnc32)C(O)C1O. The molecule has 3 rings (SSSR count). The van der Waals surface area contributed by atoms with Gasteiger partial charge in [-0.1, -0.05) is 11.6 Å². The third-order valence-corrected chi connectivity index (χ3v) is 3.88. The van der Waals surface area contributed by atoms with Crippen molar-refractivity contribution in [2.45, 2.75) is 30.7 Å². The van der Waals surface area contributed by atoms with E-state index in [0.717, 1.165) is 0 Å². The molecule has 7 nitrogen and oxygen atoms in total. The van der Waals surface area contributed by atoms with Crippen molar-refractivity contribution in [3.8, 4) is 0 Å². The molecule has 2 aliphatic rings. The Morgan fingerprint density at radius 3 is 2.80 bits per heavy atom. The van der Waals surface area contributed by atoms with E-state index in [2.05, 4.69) is 9.97 Å². The lowest BCUT2D eigenvalue weighted by Crippen LogP contribution is -2.44. The van der Waals surface area contributed by atoms with Crippen molar-refractivity contribution >= 4 is 17.4 Å². The molecular weight excluding hydrogens is 293 g/mol. The van der Waals surface area contributed by atoms with Crippen LogP contribution in [0.3, 0.4) is 0 Å². The fourth-order valence-electron chi connectivity index (χ4n) is 2.58. The average molecular weight is 306 g/mol. The topological polar surface area (TPSA) is 98.9 Å². The first-order chi connectivity index (χ1) is 9.54. The summed E-state index contributed by atoms with van der Waals surface area (Å²) in [7, 11) is 0. The van der Waals surface area contributed by atoms with Crippen molar-refractivity contribution in [3.05, 3.63) is 17.0 Å². The van der Waals surface area contributed by atoms with Gasteiger partial charge in [0.15, 0.2) is 6.23 Å². The molecule has 0 bridgehead atoms. The number of aliphatic hydroxyl groups is 3. The number of alkyl halides is 1. The van der Waals surface area contributed by atoms with Gasteiger partial charge in [0.2, 0.25) is 0 Å². The van der Waals surface area contributed by atoms with Gasteiger partial charge in [-0.25, -0.2) is 14.4 Å². The summed E-state index contributed by atoms with van der Waals surface area (Å²) in [5.41, 5.74) is 0.145. The van der Waals surface area contributed by atoms with Crippen molar-refractivity contribution in [2.24, 2.45) is 0 Å². The number of rotatable bonds is 2. The molecule has 1 aromatic heterocycles. The van der Waals surface area contributed by atoms with Crippen LogP contribution in [0.4, 0.5) is 10.2 Å². The van der Waals surface area contributed by atoms with Crippen molar-refractivity contribution in [3.63, 3.8) is 0 Å². The van der Waals surface area contributed by atoms with E-state index in [1.165, 1.54) is 11.2 Å². The number of anilines is 1. The van der Waals surface area contributed by atoms with Crippen LogP contribution in [0.15, 0.2) is 6.33 Å². The summed E-state index contributed by atoms with van der Waals surface area (Å²) >= 11 is 5.85. The van der Waals surface area contributed by atoms with Crippen molar-refractivity contribution in [1.29, 1.82) is 0 Å². The summed E-state index contributed by atoms with van der Waals surface area (Å²) in [5.74, 6) is 0.229. The zero-order valence-electron chi connectivity index (χ0n) is 10.2. The van der Waals surface area contributed by atoms with E-state index in [4.69, 9.17) is 21.4 Å². The quantitative estimate of drug-likeness (QED) is 0.627. The smallest absolute Gasteiger partial charge is 0.160 e. The molecule has 110 valence electrons. The number of hydrogen-bond donors (Lipinski definition) is 3. The van der Waals surface area contributed by atoms with Gasteiger partial charge in [-0.3, -0.25) is 0 Å². The van der Waals surface area contributed by atoms with E-state index in [0.29, 0.717) is 0 Å². The van der Waals surface area contributed by atoms with Crippen molar-refractivity contribution in [1.82, 2.24) is 9.97 Å². The van der Waals surface area contributed by atoms with Gasteiger partial charge in [0.05, 0.1) is 18.7 Å². The Balaban J connectivity index is 1.93. The summed E-state index contributed by atoms with van der Waals surface area (Å²) in [6.45, 7) is -0.556. The highest BCUT2D eigenvalue weighted by Gasteiger charge is 2.49. The zero-order chi connectivity index (χ0) is 14.4. The average Bonchev–Trinajstić information content (AvgIpc) is 2.90. The van der Waals surface area contributed by atoms with Gasteiger partial charge in [-0.2, -0.15) is 0 Å². The molecule has 1 fully saturated rings. The fourth-order valence-corrected chi connectivity index (χ4v) is 2.82. The molecule has 1 saturated heterocycles. The molecule has 0 radical (unpaired) electrons. The Kier molecular flexibility index (Phi) is 3.51. The van der Waals surface area contributed by atoms with E-state index >= 15 is 0 Å². The number of ether oxygens (including phenoxy) is 1. The lowest BCUT2D eigenvalue weighted by atomic mass is 10.1. The maximum atomic E-state index is 14.0. The molecule has 0 amide bonds. The lowest BCUT2D eigenvalue weighted by molar-refractivity contribution is -0.0228. The molecule has 2 aliphatic heterocycles. The number of hydrogen-bond acceptors (Lipinski definition) is 7. The molecular formula is C11H13ClFN3O4. The van der Waals surface area contributed by atoms with E-state index in [1.807, 2.05) is 0 Å². The van der Waals surface area contributed by atoms with Crippen LogP contribution in [-0.2, 0) is 4.74 Å². The van der Waals surface area contributed by atoms with Gasteiger partial charge in [-0.05, 0) is 0 Å². The molecule has 20 heavy (non-hydrogen) atoms. The first kappa shape index (κ1) is 13.9. The summed E-state index contributed by atoms with van der Waals surface area (Å²) < 4.78 is 19.4. The monoisotopic (exact) mass is 305 g/mol. The first-order valence-electron chi connectivity index (χ1n) is 6.08. The maximum Gasteiger partial charge on any atom is 0.160 e. The second kappa shape index (κ2) is 5.05. The largest absolute Gasteiger partial charge is 0.394 e. The van der Waals surface area contributed by atoms with E-state index in [-0.39, 0.29) is 23.1 Å². The third kappa shape index (κ3) is 1.95. The molecule has 0 spiro atoms. The van der Waals surface area contributed by atoms with Crippen molar-refractivity contribution in [2.75, 3.05) is 18.1 Å². The van der Waals surface area contributed by atoms with Gasteiger partial charge in [0.1, 0.15) is 41.8 Å². The standard InChI is InChI=1S/C11H13ClFN3O4/c12-9-6-4(13)1-16(10(6)15-3-14-9)11-8(19)7(18)5(2-17)20-11/h3-5,7-8,11,17-19H,1-2H2/t4?,5-,7?,8?,11-/m1/s1. The predicted molar refractivity (Wildman–Crippen MR) is 66.0 cm³/mol. The Morgan fingerprint density at radius 2 is 2.15 bits per heavy atom. The summed E-state index contributed by atoms with van der Waals surface area (Å²) in [5, 5.41) is 28.8. The predicted octanol–water partition coefficient (Wildman–Crippen LogP) is -0.600. The molecule has 3 heterocycles. The number of aliphatic hydroxyl groups excluding tert-OH is 3. The van der Waals surface area contributed by atoms with Gasteiger partial charge >= 0.3 is 0 Å². The van der Waals surface area contributed by atoms with Crippen LogP contribution >= 0.6 is 11.6 Å². The van der Waals surface area contributed by atoms with Gasteiger partial charge < -0.3 is 25.0 Å². The van der Waals surface area contributed by atoms with Crippen LogP contribution in [0.1, 0.15) is 11.7 Å². The minimum Gasteiger partial charge on any atom is -0.394 e. The van der Waals surface area contributed by atoms with Crippen LogP contribution in [0.5, 0.6) is 0 Å². The van der Waals surface area contributed by atoms with E-state index < -0.39 is 37.3 Å². The minimum atomic E-state index is -1.40. The highest BCUT2D eigenvalue weighted by Crippen LogP contribution is 2.42. The van der Waals surface area contributed by atoms with E-state index in [1.54, 1.807) is 0 Å². The molecule has 3 unspecified atom stereocenters. The third-order valence-electron chi connectivity index (χ3n) is 3.58. The Morgan fingerprint density at radius 1 is 1.40 bits per heavy atom. The van der Waals surface area contributed by atoms with Gasteiger partial charge in [0, 0.05) is 0 Å². The van der Waals surface area contributed by atoms with Crippen LogP contribution < -0.4 is 4.90 Å². The van der Waals surface area contributed by atoms with Crippen LogP contribution in [0.2, 0.25) is 5.15 Å². The van der Waals surface area contributed by atoms with E-state index in [9.17, 15) is 14.6 Å². The number of aromatic nitrogens is 2. The summed E-state index contributed by atoms with van der Waals surface area (Å²) in [6.07, 6.45) is -4.65.